The molecule has 1 unspecified atom stereocenters. The van der Waals surface area contributed by atoms with Gasteiger partial charge in [0.2, 0.25) is 5.91 Å². The maximum atomic E-state index is 13.1. The monoisotopic (exact) mass is 477 g/mol. The first-order valence-electron chi connectivity index (χ1n) is 11.5. The van der Waals surface area contributed by atoms with Crippen LogP contribution in [-0.2, 0) is 28.9 Å². The minimum atomic E-state index is -0.768. The number of rotatable bonds is 6. The van der Waals surface area contributed by atoms with Gasteiger partial charge in [-0.15, -0.1) is 11.3 Å². The molecule has 1 aromatic heterocycles. The fourth-order valence-electron chi connectivity index (χ4n) is 3.96. The average Bonchev–Trinajstić information content (AvgIpc) is 3.26. The summed E-state index contributed by atoms with van der Waals surface area (Å²) in [5.74, 6) is -0.289. The van der Waals surface area contributed by atoms with Gasteiger partial charge in [-0.05, 0) is 74.0 Å². The lowest BCUT2D eigenvalue weighted by atomic mass is 10.1. The van der Waals surface area contributed by atoms with Crippen molar-refractivity contribution in [2.75, 3.05) is 16.8 Å². The van der Waals surface area contributed by atoms with Crippen molar-refractivity contribution in [3.05, 3.63) is 82.0 Å². The molecule has 0 bridgehead atoms. The molecule has 2 aromatic carbocycles. The number of carbonyl (C=O) groups is 2. The van der Waals surface area contributed by atoms with Crippen molar-refractivity contribution in [2.45, 2.75) is 51.8 Å². The van der Waals surface area contributed by atoms with Gasteiger partial charge in [0.15, 0.2) is 0 Å². The molecule has 0 radical (unpaired) electrons. The number of nitrogens with zero attached hydrogens (tertiary/aromatic N) is 1. The second-order valence-corrected chi connectivity index (χ2v) is 10.5. The topological polar surface area (TPSA) is 70.7 Å². The Morgan fingerprint density at radius 3 is 2.50 bits per heavy atom. The fraction of sp³-hybridized carbons (Fsp3) is 0.333. The van der Waals surface area contributed by atoms with Gasteiger partial charge in [-0.1, -0.05) is 30.3 Å². The second-order valence-electron chi connectivity index (χ2n) is 9.47. The summed E-state index contributed by atoms with van der Waals surface area (Å²) in [6, 6.07) is 18.9. The molecule has 2 amide bonds. The third-order valence-electron chi connectivity index (χ3n) is 5.60. The van der Waals surface area contributed by atoms with Gasteiger partial charge < -0.3 is 20.3 Å². The Bertz CT molecular complexity index is 1120. The molecule has 6 nitrogen and oxygen atoms in total. The van der Waals surface area contributed by atoms with Crippen LogP contribution in [0, 0.1) is 0 Å². The summed E-state index contributed by atoms with van der Waals surface area (Å²) in [5.41, 5.74) is 3.51. The van der Waals surface area contributed by atoms with Crippen molar-refractivity contribution in [3.8, 4) is 0 Å². The lowest BCUT2D eigenvalue weighted by molar-refractivity contribution is -0.118. The molecular formula is C27H31N3O3S. The standard InChI is InChI=1S/C27H31N3O3S/c1-27(2,3)33-26(32)29-23(17-19-7-5-4-6-8-19)25(31)28-21-9-11-22(12-10-21)30-15-13-24-20(18-30)14-16-34-24/h4-12,14,16,23H,13,15,17-18H2,1-3H3,(H,28,31)(H,29,32). The fourth-order valence-corrected chi connectivity index (χ4v) is 4.85. The first-order chi connectivity index (χ1) is 16.3. The van der Waals surface area contributed by atoms with E-state index in [4.69, 9.17) is 4.74 Å². The van der Waals surface area contributed by atoms with Gasteiger partial charge in [0.05, 0.1) is 0 Å². The maximum absolute atomic E-state index is 13.1. The Balaban J connectivity index is 1.42. The van der Waals surface area contributed by atoms with E-state index in [0.717, 1.165) is 30.8 Å². The maximum Gasteiger partial charge on any atom is 0.408 e. The minimum absolute atomic E-state index is 0.289. The van der Waals surface area contributed by atoms with Gasteiger partial charge in [0.1, 0.15) is 11.6 Å². The van der Waals surface area contributed by atoms with E-state index >= 15 is 0 Å². The van der Waals surface area contributed by atoms with Gasteiger partial charge in [-0.2, -0.15) is 0 Å². The van der Waals surface area contributed by atoms with Crippen molar-refractivity contribution >= 4 is 34.7 Å². The molecular weight excluding hydrogens is 446 g/mol. The predicted octanol–water partition coefficient (Wildman–Crippen LogP) is 5.39. The number of alkyl carbamates (subject to hydrolysis) is 1. The molecule has 0 spiro atoms. The average molecular weight is 478 g/mol. The molecule has 1 aliphatic rings. The van der Waals surface area contributed by atoms with Crippen LogP contribution in [0.3, 0.4) is 0 Å². The zero-order valence-corrected chi connectivity index (χ0v) is 20.7. The summed E-state index contributed by atoms with van der Waals surface area (Å²) in [6.45, 7) is 7.27. The number of nitrogens with one attached hydrogen (secondary N) is 2. The smallest absolute Gasteiger partial charge is 0.408 e. The molecule has 0 saturated carbocycles. The van der Waals surface area contributed by atoms with Gasteiger partial charge in [-0.3, -0.25) is 4.79 Å². The van der Waals surface area contributed by atoms with Crippen molar-refractivity contribution in [1.29, 1.82) is 0 Å². The zero-order chi connectivity index (χ0) is 24.1. The number of carbonyl (C=O) groups excluding carboxylic acids is 2. The van der Waals surface area contributed by atoms with Crippen molar-refractivity contribution in [3.63, 3.8) is 0 Å². The summed E-state index contributed by atoms with van der Waals surface area (Å²) in [5, 5.41) is 7.83. The number of benzene rings is 2. The normalized spacial score (nSPS) is 14.1. The summed E-state index contributed by atoms with van der Waals surface area (Å²) < 4.78 is 5.37. The van der Waals surface area contributed by atoms with Gasteiger partial charge in [0.25, 0.3) is 0 Å². The largest absolute Gasteiger partial charge is 0.444 e. The van der Waals surface area contributed by atoms with Crippen LogP contribution in [0.25, 0.3) is 0 Å². The number of thiophene rings is 1. The number of amides is 2. The van der Waals surface area contributed by atoms with Crippen LogP contribution >= 0.6 is 11.3 Å². The molecule has 0 fully saturated rings. The highest BCUT2D eigenvalue weighted by molar-refractivity contribution is 7.10. The Kier molecular flexibility index (Phi) is 7.22. The highest BCUT2D eigenvalue weighted by Gasteiger charge is 2.25. The summed E-state index contributed by atoms with van der Waals surface area (Å²) in [4.78, 5) is 29.3. The summed E-state index contributed by atoms with van der Waals surface area (Å²) in [7, 11) is 0. The van der Waals surface area contributed by atoms with E-state index in [1.165, 1.54) is 10.4 Å². The van der Waals surface area contributed by atoms with Crippen molar-refractivity contribution in [2.24, 2.45) is 0 Å². The molecule has 1 atom stereocenters. The molecule has 34 heavy (non-hydrogen) atoms. The number of hydrogen-bond donors (Lipinski definition) is 2. The van der Waals surface area contributed by atoms with Crippen LogP contribution in [0.15, 0.2) is 66.0 Å². The molecule has 0 saturated heterocycles. The van der Waals surface area contributed by atoms with Crippen LogP contribution in [0.1, 0.15) is 36.8 Å². The van der Waals surface area contributed by atoms with Crippen LogP contribution in [0.2, 0.25) is 0 Å². The van der Waals surface area contributed by atoms with Crippen LogP contribution < -0.4 is 15.5 Å². The molecule has 2 heterocycles. The lowest BCUT2D eigenvalue weighted by Gasteiger charge is -2.29. The van der Waals surface area contributed by atoms with Crippen LogP contribution in [0.4, 0.5) is 16.2 Å². The third-order valence-corrected chi connectivity index (χ3v) is 6.62. The minimum Gasteiger partial charge on any atom is -0.444 e. The SMILES string of the molecule is CC(C)(C)OC(=O)NC(Cc1ccccc1)C(=O)Nc1ccc(N2CCc3sccc3C2)cc1. The summed E-state index contributed by atoms with van der Waals surface area (Å²) >= 11 is 1.83. The molecule has 3 aromatic rings. The molecule has 0 aliphatic carbocycles. The van der Waals surface area contributed by atoms with Crippen molar-refractivity contribution < 1.29 is 14.3 Å². The lowest BCUT2D eigenvalue weighted by Crippen LogP contribution is -2.47. The summed E-state index contributed by atoms with van der Waals surface area (Å²) in [6.07, 6.45) is 0.806. The van der Waals surface area contributed by atoms with Gasteiger partial charge in [-0.25, -0.2) is 4.79 Å². The van der Waals surface area contributed by atoms with E-state index in [-0.39, 0.29) is 5.91 Å². The predicted molar refractivity (Wildman–Crippen MR) is 137 cm³/mol. The Morgan fingerprint density at radius 2 is 1.79 bits per heavy atom. The number of hydrogen-bond acceptors (Lipinski definition) is 5. The van der Waals surface area contributed by atoms with E-state index in [1.807, 2.05) is 65.9 Å². The first-order valence-corrected chi connectivity index (χ1v) is 12.4. The zero-order valence-electron chi connectivity index (χ0n) is 19.8. The number of anilines is 2. The van der Waals surface area contributed by atoms with E-state index in [1.54, 1.807) is 20.8 Å². The molecule has 2 N–H and O–H groups in total. The quantitative estimate of drug-likeness (QED) is 0.500. The second kappa shape index (κ2) is 10.3. The van der Waals surface area contributed by atoms with Gasteiger partial charge in [0, 0.05) is 35.8 Å². The highest BCUT2D eigenvalue weighted by Crippen LogP contribution is 2.28. The number of ether oxygens (including phenoxy) is 1. The van der Waals surface area contributed by atoms with E-state index in [0.29, 0.717) is 12.1 Å². The highest BCUT2D eigenvalue weighted by atomic mass is 32.1. The van der Waals surface area contributed by atoms with Gasteiger partial charge >= 0.3 is 6.09 Å². The van der Waals surface area contributed by atoms with Crippen molar-refractivity contribution in [1.82, 2.24) is 5.32 Å². The van der Waals surface area contributed by atoms with Crippen LogP contribution in [-0.4, -0.2) is 30.2 Å². The third kappa shape index (κ3) is 6.38. The number of fused-ring (bicyclic) bond motifs is 1. The molecule has 4 rings (SSSR count). The first kappa shape index (κ1) is 23.8. The molecule has 7 heteroatoms. The Morgan fingerprint density at radius 1 is 1.06 bits per heavy atom. The van der Waals surface area contributed by atoms with E-state index < -0.39 is 17.7 Å². The van der Waals surface area contributed by atoms with E-state index in [9.17, 15) is 9.59 Å². The van der Waals surface area contributed by atoms with Crippen LogP contribution in [0.5, 0.6) is 0 Å². The Hall–Kier alpha value is -3.32. The molecule has 178 valence electrons. The van der Waals surface area contributed by atoms with E-state index in [2.05, 4.69) is 27.0 Å². The molecule has 1 aliphatic heterocycles. The Labute approximate surface area is 204 Å².